The van der Waals surface area contributed by atoms with E-state index in [0.29, 0.717) is 13.1 Å². The van der Waals surface area contributed by atoms with Crippen LogP contribution in [0, 0.1) is 12.7 Å². The second-order valence-corrected chi connectivity index (χ2v) is 8.54. The fourth-order valence-corrected chi connectivity index (χ4v) is 4.73. The Morgan fingerprint density at radius 3 is 2.38 bits per heavy atom. The monoisotopic (exact) mass is 379 g/mol. The predicted octanol–water partition coefficient (Wildman–Crippen LogP) is 1.23. The van der Waals surface area contributed by atoms with Gasteiger partial charge in [0.1, 0.15) is 18.1 Å². The highest BCUT2D eigenvalue weighted by atomic mass is 32.2. The maximum Gasteiger partial charge on any atom is 0.243 e. The fraction of sp³-hybridized carbons (Fsp3) is 0.368. The van der Waals surface area contributed by atoms with Crippen molar-refractivity contribution in [3.8, 4) is 5.75 Å². The number of ether oxygens (including phenoxy) is 1. The van der Waals surface area contributed by atoms with Crippen LogP contribution in [0.25, 0.3) is 0 Å². The lowest BCUT2D eigenvalue weighted by atomic mass is 10.1. The van der Waals surface area contributed by atoms with Crippen LogP contribution in [-0.4, -0.2) is 46.0 Å². The third-order valence-electron chi connectivity index (χ3n) is 4.76. The van der Waals surface area contributed by atoms with Crippen LogP contribution in [0.1, 0.15) is 11.1 Å². The van der Waals surface area contributed by atoms with E-state index in [-0.39, 0.29) is 4.90 Å². The molecule has 5 nitrogen and oxygen atoms in total. The number of hydrogen-bond donors (Lipinski definition) is 1. The topological polar surface area (TPSA) is 51.1 Å². The molecule has 1 aliphatic heterocycles. The van der Waals surface area contributed by atoms with Gasteiger partial charge in [-0.3, -0.25) is 0 Å². The summed E-state index contributed by atoms with van der Waals surface area (Å²) in [5.41, 5.74) is 2.31. The van der Waals surface area contributed by atoms with Crippen LogP contribution in [0.15, 0.2) is 47.4 Å². The van der Waals surface area contributed by atoms with Gasteiger partial charge in [0.05, 0.1) is 38.2 Å². The van der Waals surface area contributed by atoms with Crippen molar-refractivity contribution in [1.29, 1.82) is 0 Å². The molecule has 0 spiro atoms. The Kier molecular flexibility index (Phi) is 5.60. The minimum absolute atomic E-state index is 0.141. The molecule has 0 unspecified atom stereocenters. The Morgan fingerprint density at radius 1 is 1.12 bits per heavy atom. The number of rotatable bonds is 5. The van der Waals surface area contributed by atoms with Crippen molar-refractivity contribution in [2.24, 2.45) is 0 Å². The first kappa shape index (κ1) is 18.8. The number of methoxy groups -OCH3 is 1. The number of sulfonamides is 1. The molecule has 0 amide bonds. The summed E-state index contributed by atoms with van der Waals surface area (Å²) in [6, 6.07) is 11.1. The molecule has 7 heteroatoms. The smallest absolute Gasteiger partial charge is 0.243 e. The van der Waals surface area contributed by atoms with Gasteiger partial charge in [0.25, 0.3) is 0 Å². The summed E-state index contributed by atoms with van der Waals surface area (Å²) < 4.78 is 45.3. The average molecular weight is 379 g/mol. The summed E-state index contributed by atoms with van der Waals surface area (Å²) in [6.07, 6.45) is 0. The highest BCUT2D eigenvalue weighted by Gasteiger charge is 2.30. The Labute approximate surface area is 154 Å². The van der Waals surface area contributed by atoms with Crippen molar-refractivity contribution in [2.75, 3.05) is 33.3 Å². The zero-order valence-corrected chi connectivity index (χ0v) is 15.9. The number of nitrogens with one attached hydrogen (secondary N) is 1. The number of quaternary nitrogens is 1. The molecule has 3 rings (SSSR count). The minimum atomic E-state index is -3.57. The Morgan fingerprint density at radius 2 is 1.77 bits per heavy atom. The molecule has 1 heterocycles. The molecule has 0 saturated carbocycles. The van der Waals surface area contributed by atoms with Crippen molar-refractivity contribution in [1.82, 2.24) is 4.31 Å². The van der Waals surface area contributed by atoms with E-state index >= 15 is 0 Å². The lowest BCUT2D eigenvalue weighted by molar-refractivity contribution is -0.917. The third kappa shape index (κ3) is 4.06. The molecule has 1 N–H and O–H groups in total. The van der Waals surface area contributed by atoms with Gasteiger partial charge >= 0.3 is 0 Å². The van der Waals surface area contributed by atoms with E-state index in [1.165, 1.54) is 39.0 Å². The molecule has 1 fully saturated rings. The summed E-state index contributed by atoms with van der Waals surface area (Å²) >= 11 is 0. The molecule has 2 aromatic carbocycles. The highest BCUT2D eigenvalue weighted by Crippen LogP contribution is 2.19. The molecule has 140 valence electrons. The van der Waals surface area contributed by atoms with E-state index in [1.807, 2.05) is 19.1 Å². The molecule has 0 bridgehead atoms. The van der Waals surface area contributed by atoms with Crippen molar-refractivity contribution in [3.05, 3.63) is 59.4 Å². The van der Waals surface area contributed by atoms with E-state index in [1.54, 1.807) is 7.11 Å². The number of nitrogens with zero attached hydrogens (tertiary/aromatic N) is 1. The van der Waals surface area contributed by atoms with E-state index in [0.717, 1.165) is 30.9 Å². The first-order valence-electron chi connectivity index (χ1n) is 8.63. The van der Waals surface area contributed by atoms with Gasteiger partial charge in [0.15, 0.2) is 0 Å². The van der Waals surface area contributed by atoms with Gasteiger partial charge in [-0.2, -0.15) is 4.31 Å². The maximum absolute atomic E-state index is 13.0. The molecule has 0 atom stereocenters. The molecule has 26 heavy (non-hydrogen) atoms. The molecular formula is C19H24FN2O3S+. The van der Waals surface area contributed by atoms with Gasteiger partial charge < -0.3 is 9.64 Å². The molecule has 2 aromatic rings. The number of piperazine rings is 1. The fourth-order valence-electron chi connectivity index (χ4n) is 3.29. The molecular weight excluding hydrogens is 355 g/mol. The number of halogens is 1. The number of benzene rings is 2. The normalized spacial score (nSPS) is 16.6. The van der Waals surface area contributed by atoms with Crippen LogP contribution < -0.4 is 9.64 Å². The summed E-state index contributed by atoms with van der Waals surface area (Å²) in [4.78, 5) is 1.46. The molecule has 0 aliphatic carbocycles. The van der Waals surface area contributed by atoms with Crippen molar-refractivity contribution >= 4 is 10.0 Å². The van der Waals surface area contributed by atoms with Gasteiger partial charge in [-0.15, -0.1) is 0 Å². The van der Waals surface area contributed by atoms with E-state index in [2.05, 4.69) is 6.07 Å². The first-order valence-corrected chi connectivity index (χ1v) is 10.1. The lowest BCUT2D eigenvalue weighted by Gasteiger charge is -2.31. The standard InChI is InChI=1S/C19H23FN2O3S/c1-15-3-8-19(25-2)16(13-15)14-21-9-11-22(12-10-21)26(23,24)18-6-4-17(20)5-7-18/h3-8,13H,9-12,14H2,1-2H3/p+1. The first-order chi connectivity index (χ1) is 12.4. The van der Waals surface area contributed by atoms with Crippen molar-refractivity contribution < 1.29 is 22.4 Å². The maximum atomic E-state index is 13.0. The van der Waals surface area contributed by atoms with Gasteiger partial charge in [-0.1, -0.05) is 11.6 Å². The van der Waals surface area contributed by atoms with Crippen molar-refractivity contribution in [2.45, 2.75) is 18.4 Å². The average Bonchev–Trinajstić information content (AvgIpc) is 2.63. The molecule has 1 saturated heterocycles. The van der Waals surface area contributed by atoms with Gasteiger partial charge in [-0.25, -0.2) is 12.8 Å². The SMILES string of the molecule is COc1ccc(C)cc1C[NH+]1CCN(S(=O)(=O)c2ccc(F)cc2)CC1. The van der Waals surface area contributed by atoms with Crippen LogP contribution in [0.3, 0.4) is 0 Å². The van der Waals surface area contributed by atoms with Crippen LogP contribution in [-0.2, 0) is 16.6 Å². The van der Waals surface area contributed by atoms with Gasteiger partial charge in [0, 0.05) is 5.56 Å². The predicted molar refractivity (Wildman–Crippen MR) is 97.3 cm³/mol. The summed E-state index contributed by atoms with van der Waals surface area (Å²) in [6.45, 7) is 5.18. The number of hydrogen-bond acceptors (Lipinski definition) is 3. The zero-order valence-electron chi connectivity index (χ0n) is 15.0. The molecule has 0 radical (unpaired) electrons. The Bertz CT molecular complexity index is 861. The Balaban J connectivity index is 1.66. The minimum Gasteiger partial charge on any atom is -0.496 e. The second kappa shape index (κ2) is 7.73. The van der Waals surface area contributed by atoms with Crippen LogP contribution in [0.4, 0.5) is 4.39 Å². The van der Waals surface area contributed by atoms with E-state index < -0.39 is 15.8 Å². The van der Waals surface area contributed by atoms with Gasteiger partial charge in [0.2, 0.25) is 10.0 Å². The van der Waals surface area contributed by atoms with E-state index in [9.17, 15) is 12.8 Å². The zero-order chi connectivity index (χ0) is 18.7. The number of aryl methyl sites for hydroxylation is 1. The lowest BCUT2D eigenvalue weighted by Crippen LogP contribution is -3.13. The highest BCUT2D eigenvalue weighted by molar-refractivity contribution is 7.89. The Hall–Kier alpha value is -1.96. The second-order valence-electron chi connectivity index (χ2n) is 6.60. The van der Waals surface area contributed by atoms with E-state index in [4.69, 9.17) is 4.74 Å². The largest absolute Gasteiger partial charge is 0.496 e. The summed E-state index contributed by atoms with van der Waals surface area (Å²) in [5, 5.41) is 0. The van der Waals surface area contributed by atoms with Crippen LogP contribution >= 0.6 is 0 Å². The quantitative estimate of drug-likeness (QED) is 0.850. The molecule has 1 aliphatic rings. The third-order valence-corrected chi connectivity index (χ3v) is 6.67. The summed E-state index contributed by atoms with van der Waals surface area (Å²) in [5.74, 6) is 0.426. The molecule has 0 aromatic heterocycles. The van der Waals surface area contributed by atoms with Crippen LogP contribution in [0.5, 0.6) is 5.75 Å². The van der Waals surface area contributed by atoms with Crippen LogP contribution in [0.2, 0.25) is 0 Å². The summed E-state index contributed by atoms with van der Waals surface area (Å²) in [7, 11) is -1.90. The van der Waals surface area contributed by atoms with Gasteiger partial charge in [-0.05, 0) is 43.3 Å². The van der Waals surface area contributed by atoms with Crippen molar-refractivity contribution in [3.63, 3.8) is 0 Å².